The van der Waals surface area contributed by atoms with Gasteiger partial charge < -0.3 is 15.8 Å². The molecule has 2 aromatic rings. The van der Waals surface area contributed by atoms with E-state index in [1.54, 1.807) is 18.2 Å². The molecule has 0 aromatic heterocycles. The van der Waals surface area contributed by atoms with Gasteiger partial charge in [0.25, 0.3) is 0 Å². The van der Waals surface area contributed by atoms with E-state index in [1.807, 2.05) is 37.1 Å². The van der Waals surface area contributed by atoms with E-state index in [2.05, 4.69) is 5.16 Å². The molecule has 2 aromatic carbocycles. The zero-order valence-corrected chi connectivity index (χ0v) is 12.0. The molecule has 0 amide bonds. The van der Waals surface area contributed by atoms with E-state index in [4.69, 9.17) is 10.9 Å². The highest BCUT2D eigenvalue weighted by Crippen LogP contribution is 2.19. The molecule has 5 heteroatoms. The molecule has 0 saturated carbocycles. The lowest BCUT2D eigenvalue weighted by Crippen LogP contribution is -2.19. The quantitative estimate of drug-likeness (QED) is 0.393. The van der Waals surface area contributed by atoms with Crippen molar-refractivity contribution in [3.8, 4) is 0 Å². The molecule has 0 atom stereocenters. The lowest BCUT2D eigenvalue weighted by Gasteiger charge is -2.21. The molecule has 21 heavy (non-hydrogen) atoms. The van der Waals surface area contributed by atoms with Crippen molar-refractivity contribution < 1.29 is 9.60 Å². The number of hydrogen-bond donors (Lipinski definition) is 2. The van der Waals surface area contributed by atoms with E-state index in [-0.39, 0.29) is 11.7 Å². The van der Waals surface area contributed by atoms with Gasteiger partial charge in [0.2, 0.25) is 0 Å². The molecule has 0 radical (unpaired) electrons. The molecule has 0 aliphatic carbocycles. The van der Waals surface area contributed by atoms with Crippen LogP contribution in [0, 0.1) is 12.7 Å². The number of benzene rings is 2. The smallest absolute Gasteiger partial charge is 0.170 e. The van der Waals surface area contributed by atoms with E-state index in [0.29, 0.717) is 12.1 Å². The van der Waals surface area contributed by atoms with Crippen molar-refractivity contribution >= 4 is 11.5 Å². The predicted molar refractivity (Wildman–Crippen MR) is 82.2 cm³/mol. The maximum Gasteiger partial charge on any atom is 0.170 e. The fourth-order valence-electron chi connectivity index (χ4n) is 2.12. The Balaban J connectivity index is 2.24. The van der Waals surface area contributed by atoms with Crippen LogP contribution in [0.5, 0.6) is 0 Å². The minimum absolute atomic E-state index is 0.0622. The second-order valence-electron chi connectivity index (χ2n) is 4.96. The Morgan fingerprint density at radius 3 is 2.76 bits per heavy atom. The summed E-state index contributed by atoms with van der Waals surface area (Å²) in [4.78, 5) is 1.98. The first-order valence-corrected chi connectivity index (χ1v) is 6.55. The molecule has 0 bridgehead atoms. The second kappa shape index (κ2) is 6.26. The molecule has 0 aliphatic heterocycles. The van der Waals surface area contributed by atoms with Gasteiger partial charge in [-0.3, -0.25) is 0 Å². The van der Waals surface area contributed by atoms with Gasteiger partial charge in [-0.15, -0.1) is 0 Å². The van der Waals surface area contributed by atoms with Gasteiger partial charge in [-0.2, -0.15) is 0 Å². The summed E-state index contributed by atoms with van der Waals surface area (Å²) in [6, 6.07) is 12.1. The zero-order chi connectivity index (χ0) is 15.4. The second-order valence-corrected chi connectivity index (χ2v) is 4.96. The summed E-state index contributed by atoms with van der Waals surface area (Å²) in [6.45, 7) is 2.53. The molecular weight excluding hydrogens is 269 g/mol. The van der Waals surface area contributed by atoms with Gasteiger partial charge in [0, 0.05) is 24.8 Å². The van der Waals surface area contributed by atoms with Crippen LogP contribution in [0.25, 0.3) is 0 Å². The van der Waals surface area contributed by atoms with Crippen molar-refractivity contribution in [1.82, 2.24) is 0 Å². The standard InChI is InChI=1S/C16H18FN3O/c1-11-6-7-14(17)8-13(11)10-20(2)15-5-3-4-12(9-15)16(18)19-21/h3-9,21H,10H2,1-2H3,(H2,18,19). The van der Waals surface area contributed by atoms with Gasteiger partial charge in [-0.25, -0.2) is 4.39 Å². The first-order valence-electron chi connectivity index (χ1n) is 6.55. The lowest BCUT2D eigenvalue weighted by atomic mass is 10.1. The summed E-state index contributed by atoms with van der Waals surface area (Å²) in [5.41, 5.74) is 9.09. The number of nitrogens with zero attached hydrogens (tertiary/aromatic N) is 2. The molecule has 0 saturated heterocycles. The highest BCUT2D eigenvalue weighted by molar-refractivity contribution is 5.97. The molecular formula is C16H18FN3O. The van der Waals surface area contributed by atoms with Crippen molar-refractivity contribution in [1.29, 1.82) is 0 Å². The molecule has 110 valence electrons. The fraction of sp³-hybridized carbons (Fsp3) is 0.188. The lowest BCUT2D eigenvalue weighted by molar-refractivity contribution is 0.318. The Labute approximate surface area is 123 Å². The monoisotopic (exact) mass is 287 g/mol. The zero-order valence-electron chi connectivity index (χ0n) is 12.0. The van der Waals surface area contributed by atoms with Crippen molar-refractivity contribution in [2.24, 2.45) is 10.9 Å². The van der Waals surface area contributed by atoms with E-state index < -0.39 is 0 Å². The highest BCUT2D eigenvalue weighted by Gasteiger charge is 2.08. The molecule has 0 unspecified atom stereocenters. The van der Waals surface area contributed by atoms with E-state index in [1.165, 1.54) is 6.07 Å². The third-order valence-electron chi connectivity index (χ3n) is 3.41. The summed E-state index contributed by atoms with van der Waals surface area (Å²) in [5.74, 6) is -0.179. The van der Waals surface area contributed by atoms with Crippen LogP contribution < -0.4 is 10.6 Å². The summed E-state index contributed by atoms with van der Waals surface area (Å²) in [6.07, 6.45) is 0. The van der Waals surface area contributed by atoms with Gasteiger partial charge >= 0.3 is 0 Å². The van der Waals surface area contributed by atoms with E-state index in [9.17, 15) is 4.39 Å². The summed E-state index contributed by atoms with van der Waals surface area (Å²) < 4.78 is 13.3. The van der Waals surface area contributed by atoms with E-state index >= 15 is 0 Å². The van der Waals surface area contributed by atoms with Crippen LogP contribution in [-0.4, -0.2) is 18.1 Å². The molecule has 0 heterocycles. The molecule has 4 nitrogen and oxygen atoms in total. The summed E-state index contributed by atoms with van der Waals surface area (Å²) in [5, 5.41) is 11.7. The molecule has 0 spiro atoms. The van der Waals surface area contributed by atoms with Gasteiger partial charge in [-0.1, -0.05) is 23.4 Å². The molecule has 2 rings (SSSR count). The number of amidine groups is 1. The largest absolute Gasteiger partial charge is 0.409 e. The Morgan fingerprint density at radius 2 is 2.05 bits per heavy atom. The van der Waals surface area contributed by atoms with Gasteiger partial charge in [0.05, 0.1) is 0 Å². The summed E-state index contributed by atoms with van der Waals surface area (Å²) in [7, 11) is 1.91. The first kappa shape index (κ1) is 14.8. The predicted octanol–water partition coefficient (Wildman–Crippen LogP) is 2.87. The number of nitrogens with two attached hydrogens (primary N) is 1. The third kappa shape index (κ3) is 3.51. The minimum atomic E-state index is -0.241. The highest BCUT2D eigenvalue weighted by atomic mass is 19.1. The van der Waals surface area contributed by atoms with Crippen LogP contribution in [-0.2, 0) is 6.54 Å². The number of halogens is 1. The fourth-order valence-corrected chi connectivity index (χ4v) is 2.12. The number of anilines is 1. The Morgan fingerprint density at radius 1 is 1.29 bits per heavy atom. The number of aryl methyl sites for hydroxylation is 1. The van der Waals surface area contributed by atoms with Crippen LogP contribution in [0.3, 0.4) is 0 Å². The Kier molecular flexibility index (Phi) is 4.42. The topological polar surface area (TPSA) is 61.8 Å². The van der Waals surface area contributed by atoms with Gasteiger partial charge in [0.1, 0.15) is 5.82 Å². The third-order valence-corrected chi connectivity index (χ3v) is 3.41. The van der Waals surface area contributed by atoms with Gasteiger partial charge in [0.15, 0.2) is 5.84 Å². The minimum Gasteiger partial charge on any atom is -0.409 e. The number of hydrogen-bond acceptors (Lipinski definition) is 3. The van der Waals surface area contributed by atoms with Gasteiger partial charge in [-0.05, 0) is 42.3 Å². The molecule has 0 aliphatic rings. The maximum absolute atomic E-state index is 13.3. The van der Waals surface area contributed by atoms with E-state index in [0.717, 1.165) is 16.8 Å². The van der Waals surface area contributed by atoms with Crippen LogP contribution in [0.1, 0.15) is 16.7 Å². The SMILES string of the molecule is Cc1ccc(F)cc1CN(C)c1cccc(/C(N)=N/O)c1. The van der Waals surface area contributed by atoms with Crippen LogP contribution >= 0.6 is 0 Å². The number of rotatable bonds is 4. The van der Waals surface area contributed by atoms with Crippen molar-refractivity contribution in [3.63, 3.8) is 0 Å². The Hall–Kier alpha value is -2.56. The Bertz CT molecular complexity index is 670. The van der Waals surface area contributed by atoms with Crippen LogP contribution in [0.15, 0.2) is 47.6 Å². The average molecular weight is 287 g/mol. The van der Waals surface area contributed by atoms with Crippen molar-refractivity contribution in [2.75, 3.05) is 11.9 Å². The molecule has 0 fully saturated rings. The normalized spacial score (nSPS) is 11.5. The first-order chi connectivity index (χ1) is 10.0. The maximum atomic E-state index is 13.3. The van der Waals surface area contributed by atoms with Crippen LogP contribution in [0.4, 0.5) is 10.1 Å². The summed E-state index contributed by atoms with van der Waals surface area (Å²) >= 11 is 0. The number of oxime groups is 1. The molecule has 3 N–H and O–H groups in total. The van der Waals surface area contributed by atoms with Crippen molar-refractivity contribution in [2.45, 2.75) is 13.5 Å². The van der Waals surface area contributed by atoms with Crippen molar-refractivity contribution in [3.05, 3.63) is 65.0 Å². The average Bonchev–Trinajstić information content (AvgIpc) is 2.50. The van der Waals surface area contributed by atoms with Crippen LogP contribution in [0.2, 0.25) is 0 Å².